The van der Waals surface area contributed by atoms with Gasteiger partial charge < -0.3 is 14.6 Å². The van der Waals surface area contributed by atoms with Gasteiger partial charge in [-0.25, -0.2) is 4.79 Å². The van der Waals surface area contributed by atoms with Crippen molar-refractivity contribution in [3.63, 3.8) is 0 Å². The molecule has 1 heterocycles. The number of carboxylic acid groups (broad SMARTS) is 1. The van der Waals surface area contributed by atoms with E-state index in [9.17, 15) is 4.79 Å². The van der Waals surface area contributed by atoms with Gasteiger partial charge in [-0.05, 0) is 26.0 Å². The lowest BCUT2D eigenvalue weighted by Gasteiger charge is -2.35. The van der Waals surface area contributed by atoms with Gasteiger partial charge in [-0.15, -0.1) is 0 Å². The summed E-state index contributed by atoms with van der Waals surface area (Å²) in [5.74, 6) is -0.538. The topological polar surface area (TPSA) is 59.0 Å². The number of rotatable bonds is 5. The van der Waals surface area contributed by atoms with E-state index in [1.807, 2.05) is 0 Å². The Hall–Kier alpha value is -1.59. The maximum absolute atomic E-state index is 11.1. The lowest BCUT2D eigenvalue weighted by Crippen LogP contribution is -2.46. The number of hydrogen-bond acceptors (Lipinski definition) is 4. The third-order valence-electron chi connectivity index (χ3n) is 3.28. The van der Waals surface area contributed by atoms with E-state index < -0.39 is 5.97 Å². The molecule has 0 amide bonds. The molecule has 0 spiro atoms. The highest BCUT2D eigenvalue weighted by molar-refractivity contribution is 5.90. The maximum atomic E-state index is 11.1. The molecule has 110 valence electrons. The fourth-order valence-corrected chi connectivity index (χ4v) is 2.52. The second-order valence-electron chi connectivity index (χ2n) is 5.17. The zero-order valence-electron chi connectivity index (χ0n) is 11.9. The van der Waals surface area contributed by atoms with E-state index in [4.69, 9.17) is 14.6 Å². The van der Waals surface area contributed by atoms with Gasteiger partial charge in [-0.1, -0.05) is 12.1 Å². The molecule has 1 aromatic rings. The van der Waals surface area contributed by atoms with Crippen molar-refractivity contribution < 1.29 is 19.4 Å². The highest BCUT2D eigenvalue weighted by atomic mass is 16.5. The Labute approximate surface area is 119 Å². The number of carboxylic acids is 1. The molecule has 2 atom stereocenters. The van der Waals surface area contributed by atoms with Crippen LogP contribution >= 0.6 is 0 Å². The molecule has 1 aliphatic rings. The first-order chi connectivity index (χ1) is 9.56. The standard InChI is InChI=1S/C15H21NO4/c1-11-9-16(10-12(2)20-11)7-8-19-14-6-4-3-5-13(14)15(17)18/h3-6,11-12H,7-10H2,1-2H3,(H,17,18). The molecule has 2 unspecified atom stereocenters. The van der Waals surface area contributed by atoms with Gasteiger partial charge in [0.25, 0.3) is 0 Å². The Bertz CT molecular complexity index is 453. The summed E-state index contributed by atoms with van der Waals surface area (Å²) in [5.41, 5.74) is 0.205. The van der Waals surface area contributed by atoms with Gasteiger partial charge in [0.15, 0.2) is 0 Å². The van der Waals surface area contributed by atoms with Crippen LogP contribution in [0.1, 0.15) is 24.2 Å². The quantitative estimate of drug-likeness (QED) is 0.891. The minimum Gasteiger partial charge on any atom is -0.491 e. The molecule has 5 nitrogen and oxygen atoms in total. The van der Waals surface area contributed by atoms with E-state index >= 15 is 0 Å². The largest absolute Gasteiger partial charge is 0.491 e. The van der Waals surface area contributed by atoms with Crippen molar-refractivity contribution in [2.45, 2.75) is 26.1 Å². The molecule has 1 saturated heterocycles. The summed E-state index contributed by atoms with van der Waals surface area (Å²) in [6.45, 7) is 7.13. The Balaban J connectivity index is 1.85. The minimum absolute atomic E-state index is 0.205. The number of carbonyl (C=O) groups is 1. The predicted molar refractivity (Wildman–Crippen MR) is 75.3 cm³/mol. The van der Waals surface area contributed by atoms with Crippen LogP contribution in [0, 0.1) is 0 Å². The molecule has 1 aromatic carbocycles. The van der Waals surface area contributed by atoms with Crippen molar-refractivity contribution in [2.24, 2.45) is 0 Å². The average molecular weight is 279 g/mol. The highest BCUT2D eigenvalue weighted by Gasteiger charge is 2.21. The first kappa shape index (κ1) is 14.8. The van der Waals surface area contributed by atoms with Gasteiger partial charge in [0.1, 0.15) is 17.9 Å². The first-order valence-corrected chi connectivity index (χ1v) is 6.89. The number of hydrogen-bond donors (Lipinski definition) is 1. The molecule has 0 aromatic heterocycles. The van der Waals surface area contributed by atoms with Crippen molar-refractivity contribution in [3.05, 3.63) is 29.8 Å². The third-order valence-corrected chi connectivity index (χ3v) is 3.28. The van der Waals surface area contributed by atoms with Gasteiger partial charge in [0, 0.05) is 19.6 Å². The summed E-state index contributed by atoms with van der Waals surface area (Å²) in [5, 5.41) is 9.08. The van der Waals surface area contributed by atoms with Crippen molar-refractivity contribution >= 4 is 5.97 Å². The third kappa shape index (κ3) is 3.95. The summed E-state index contributed by atoms with van der Waals surface area (Å²) in [6.07, 6.45) is 0.454. The molecule has 2 rings (SSSR count). The monoisotopic (exact) mass is 279 g/mol. The van der Waals surface area contributed by atoms with Crippen LogP contribution in [-0.2, 0) is 4.74 Å². The summed E-state index contributed by atoms with van der Waals surface area (Å²) >= 11 is 0. The lowest BCUT2D eigenvalue weighted by atomic mass is 10.2. The number of nitrogens with zero attached hydrogens (tertiary/aromatic N) is 1. The molecule has 5 heteroatoms. The van der Waals surface area contributed by atoms with Gasteiger partial charge in [0.05, 0.1) is 12.2 Å². The van der Waals surface area contributed by atoms with Crippen LogP contribution in [-0.4, -0.2) is 54.4 Å². The van der Waals surface area contributed by atoms with E-state index in [0.717, 1.165) is 19.6 Å². The smallest absolute Gasteiger partial charge is 0.339 e. The zero-order chi connectivity index (χ0) is 14.5. The van der Waals surface area contributed by atoms with E-state index in [2.05, 4.69) is 18.7 Å². The second kappa shape index (κ2) is 6.72. The van der Waals surface area contributed by atoms with Crippen molar-refractivity contribution in [2.75, 3.05) is 26.2 Å². The van der Waals surface area contributed by atoms with Crippen molar-refractivity contribution in [3.8, 4) is 5.75 Å². The molecule has 20 heavy (non-hydrogen) atoms. The number of para-hydroxylation sites is 1. The van der Waals surface area contributed by atoms with Crippen molar-refractivity contribution in [1.82, 2.24) is 4.90 Å². The fraction of sp³-hybridized carbons (Fsp3) is 0.533. The Morgan fingerprint density at radius 1 is 1.35 bits per heavy atom. The van der Waals surface area contributed by atoms with Crippen molar-refractivity contribution in [1.29, 1.82) is 0 Å². The number of morpholine rings is 1. The van der Waals surface area contributed by atoms with Crippen LogP contribution in [0.3, 0.4) is 0 Å². The number of benzene rings is 1. The number of ether oxygens (including phenoxy) is 2. The molecule has 0 saturated carbocycles. The van der Waals surface area contributed by atoms with Crippen LogP contribution in [0.2, 0.25) is 0 Å². The molecule has 1 aliphatic heterocycles. The van der Waals surface area contributed by atoms with Crippen LogP contribution in [0.15, 0.2) is 24.3 Å². The normalized spacial score (nSPS) is 23.5. The highest BCUT2D eigenvalue weighted by Crippen LogP contribution is 2.18. The molecule has 1 N–H and O–H groups in total. The van der Waals surface area contributed by atoms with E-state index in [-0.39, 0.29) is 17.8 Å². The summed E-state index contributed by atoms with van der Waals surface area (Å²) < 4.78 is 11.3. The van der Waals surface area contributed by atoms with Crippen LogP contribution in [0.5, 0.6) is 5.75 Å². The lowest BCUT2D eigenvalue weighted by molar-refractivity contribution is -0.0699. The molecule has 0 bridgehead atoms. The van der Waals surface area contributed by atoms with Gasteiger partial charge in [0.2, 0.25) is 0 Å². The Kier molecular flexibility index (Phi) is 4.98. The van der Waals surface area contributed by atoms with E-state index in [1.54, 1.807) is 24.3 Å². The molecular weight excluding hydrogens is 258 g/mol. The first-order valence-electron chi connectivity index (χ1n) is 6.89. The maximum Gasteiger partial charge on any atom is 0.339 e. The predicted octanol–water partition coefficient (Wildman–Crippen LogP) is 1.87. The summed E-state index contributed by atoms with van der Waals surface area (Å²) in [4.78, 5) is 13.3. The van der Waals surface area contributed by atoms with Gasteiger partial charge in [-0.3, -0.25) is 4.90 Å². The van der Waals surface area contributed by atoms with Crippen LogP contribution < -0.4 is 4.74 Å². The second-order valence-corrected chi connectivity index (χ2v) is 5.17. The summed E-state index contributed by atoms with van der Waals surface area (Å²) in [7, 11) is 0. The van der Waals surface area contributed by atoms with E-state index in [0.29, 0.717) is 12.4 Å². The average Bonchev–Trinajstić information content (AvgIpc) is 2.38. The summed E-state index contributed by atoms with van der Waals surface area (Å²) in [6, 6.07) is 6.72. The Morgan fingerprint density at radius 2 is 2.00 bits per heavy atom. The van der Waals surface area contributed by atoms with E-state index in [1.165, 1.54) is 0 Å². The minimum atomic E-state index is -0.964. The molecule has 0 aliphatic carbocycles. The van der Waals surface area contributed by atoms with Crippen LogP contribution in [0.25, 0.3) is 0 Å². The number of aromatic carboxylic acids is 1. The Morgan fingerprint density at radius 3 is 2.65 bits per heavy atom. The SMILES string of the molecule is CC1CN(CCOc2ccccc2C(=O)O)CC(C)O1. The van der Waals surface area contributed by atoms with Crippen LogP contribution in [0.4, 0.5) is 0 Å². The van der Waals surface area contributed by atoms with Gasteiger partial charge in [-0.2, -0.15) is 0 Å². The van der Waals surface area contributed by atoms with Gasteiger partial charge >= 0.3 is 5.97 Å². The molecular formula is C15H21NO4. The zero-order valence-corrected chi connectivity index (χ0v) is 11.9. The fourth-order valence-electron chi connectivity index (χ4n) is 2.52. The molecule has 1 fully saturated rings. The molecule has 0 radical (unpaired) electrons.